The van der Waals surface area contributed by atoms with Crippen LogP contribution in [0.1, 0.15) is 26.7 Å². The molecule has 1 aliphatic heterocycles. The number of likely N-dealkylation sites (N-methyl/N-ethyl adjacent to an activating group) is 1. The maximum Gasteiger partial charge on any atom is 0.127 e. The zero-order chi connectivity index (χ0) is 20.1. The number of rotatable bonds is 5. The van der Waals surface area contributed by atoms with E-state index in [9.17, 15) is 8.60 Å². The first-order valence-corrected chi connectivity index (χ1v) is 10.9. The minimum absolute atomic E-state index is 0.254. The molecule has 1 aromatic heterocycles. The van der Waals surface area contributed by atoms with Crippen molar-refractivity contribution in [1.29, 1.82) is 0 Å². The van der Waals surface area contributed by atoms with Gasteiger partial charge in [-0.2, -0.15) is 0 Å². The number of aromatic amines is 1. The van der Waals surface area contributed by atoms with E-state index in [4.69, 9.17) is 0 Å². The highest BCUT2D eigenvalue weighted by molar-refractivity contribution is 7.82. The lowest BCUT2D eigenvalue weighted by molar-refractivity contribution is 0.285. The summed E-state index contributed by atoms with van der Waals surface area (Å²) in [6.45, 7) is 6.12. The molecular formula is C22H28FN3OS. The van der Waals surface area contributed by atoms with Gasteiger partial charge in [0, 0.05) is 48.8 Å². The number of fused-ring (bicyclic) bond motifs is 1. The van der Waals surface area contributed by atoms with E-state index < -0.39 is 11.0 Å². The predicted molar refractivity (Wildman–Crippen MR) is 115 cm³/mol. The number of H-pyrrole nitrogens is 1. The molecule has 2 aromatic carbocycles. The molecule has 0 saturated carbocycles. The van der Waals surface area contributed by atoms with Crippen molar-refractivity contribution in [1.82, 2.24) is 14.6 Å². The zero-order valence-corrected chi connectivity index (χ0v) is 17.5. The highest BCUT2D eigenvalue weighted by atomic mass is 32.2. The Kier molecular flexibility index (Phi) is 6.99. The van der Waals surface area contributed by atoms with Crippen LogP contribution in [0.25, 0.3) is 22.0 Å². The smallest absolute Gasteiger partial charge is 0.127 e. The number of aromatic nitrogens is 1. The molecule has 0 amide bonds. The largest absolute Gasteiger partial charge is 0.360 e. The number of halogens is 1. The first-order chi connectivity index (χ1) is 13.5. The Bertz CT molecular complexity index is 933. The SMILES string of the molecule is CCCC.CN(C1CNC1)S(=O)c1ccc(-c2c[nH]c3cc(F)ccc23)cc1. The summed E-state index contributed by atoms with van der Waals surface area (Å²) in [6.07, 6.45) is 4.52. The van der Waals surface area contributed by atoms with Gasteiger partial charge >= 0.3 is 0 Å². The molecule has 4 nitrogen and oxygen atoms in total. The van der Waals surface area contributed by atoms with Crippen molar-refractivity contribution >= 4 is 21.9 Å². The summed E-state index contributed by atoms with van der Waals surface area (Å²) in [6, 6.07) is 12.8. The van der Waals surface area contributed by atoms with Crippen LogP contribution in [0.5, 0.6) is 0 Å². The van der Waals surface area contributed by atoms with Gasteiger partial charge in [0.15, 0.2) is 0 Å². The number of hydrogen-bond donors (Lipinski definition) is 2. The van der Waals surface area contributed by atoms with E-state index in [2.05, 4.69) is 24.1 Å². The Balaban J connectivity index is 0.000000516. The molecule has 1 saturated heterocycles. The lowest BCUT2D eigenvalue weighted by Crippen LogP contribution is -2.56. The van der Waals surface area contributed by atoms with Crippen molar-refractivity contribution in [2.75, 3.05) is 20.1 Å². The van der Waals surface area contributed by atoms with Gasteiger partial charge in [-0.1, -0.05) is 38.8 Å². The quantitative estimate of drug-likeness (QED) is 0.651. The topological polar surface area (TPSA) is 48.1 Å². The zero-order valence-electron chi connectivity index (χ0n) is 16.7. The van der Waals surface area contributed by atoms with Crippen LogP contribution < -0.4 is 5.32 Å². The normalized spacial score (nSPS) is 15.2. The lowest BCUT2D eigenvalue weighted by Gasteiger charge is -2.34. The molecule has 150 valence electrons. The van der Waals surface area contributed by atoms with Crippen LogP contribution in [0.3, 0.4) is 0 Å². The average molecular weight is 402 g/mol. The number of nitrogens with one attached hydrogen (secondary N) is 2. The summed E-state index contributed by atoms with van der Waals surface area (Å²) in [7, 11) is 0.736. The molecule has 0 spiro atoms. The fraction of sp³-hybridized carbons (Fsp3) is 0.364. The van der Waals surface area contributed by atoms with Crippen LogP contribution in [0, 0.1) is 5.82 Å². The van der Waals surface area contributed by atoms with Gasteiger partial charge in [0.05, 0.1) is 4.90 Å². The maximum atomic E-state index is 13.3. The standard InChI is InChI=1S/C18H18FN3OS.C4H10/c1-22(14-9-20-10-14)24(23)15-5-2-12(3-6-15)17-11-21-18-8-13(19)4-7-16(17)18;1-3-4-2/h2-8,11,14,20-21H,9-10H2,1H3;3-4H2,1-2H3. The van der Waals surface area contributed by atoms with Crippen molar-refractivity contribution in [2.45, 2.75) is 37.6 Å². The van der Waals surface area contributed by atoms with Crippen LogP contribution in [0.15, 0.2) is 53.6 Å². The molecule has 6 heteroatoms. The third-order valence-electron chi connectivity index (χ3n) is 5.05. The Hall–Kier alpha value is -2.02. The highest BCUT2D eigenvalue weighted by Crippen LogP contribution is 2.29. The van der Waals surface area contributed by atoms with Crippen molar-refractivity contribution < 1.29 is 8.60 Å². The van der Waals surface area contributed by atoms with Gasteiger partial charge in [-0.05, 0) is 35.9 Å². The summed E-state index contributed by atoms with van der Waals surface area (Å²) in [4.78, 5) is 3.89. The highest BCUT2D eigenvalue weighted by Gasteiger charge is 2.26. The van der Waals surface area contributed by atoms with Gasteiger partial charge in [-0.15, -0.1) is 0 Å². The van der Waals surface area contributed by atoms with Gasteiger partial charge in [-0.25, -0.2) is 12.9 Å². The summed E-state index contributed by atoms with van der Waals surface area (Å²) < 4.78 is 27.8. The second-order valence-corrected chi connectivity index (χ2v) is 8.57. The Labute approximate surface area is 168 Å². The molecule has 3 aromatic rings. The second-order valence-electron chi connectivity index (χ2n) is 7.02. The summed E-state index contributed by atoms with van der Waals surface area (Å²) >= 11 is 0. The summed E-state index contributed by atoms with van der Waals surface area (Å²) in [5.41, 5.74) is 2.80. The van der Waals surface area contributed by atoms with E-state index in [-0.39, 0.29) is 5.82 Å². The van der Waals surface area contributed by atoms with Crippen LogP contribution in [0.2, 0.25) is 0 Å². The summed E-state index contributed by atoms with van der Waals surface area (Å²) in [5, 5.41) is 4.17. The van der Waals surface area contributed by atoms with Crippen LogP contribution in [-0.2, 0) is 11.0 Å². The average Bonchev–Trinajstić information content (AvgIpc) is 3.09. The van der Waals surface area contributed by atoms with Crippen molar-refractivity contribution in [3.05, 3.63) is 54.5 Å². The first kappa shape index (κ1) is 20.7. The molecule has 4 rings (SSSR count). The minimum atomic E-state index is -1.16. The minimum Gasteiger partial charge on any atom is -0.360 e. The number of benzene rings is 2. The molecule has 1 fully saturated rings. The molecule has 1 atom stereocenters. The Morgan fingerprint density at radius 2 is 1.79 bits per heavy atom. The fourth-order valence-electron chi connectivity index (χ4n) is 2.92. The van der Waals surface area contributed by atoms with Gasteiger partial charge in [0.2, 0.25) is 0 Å². The lowest BCUT2D eigenvalue weighted by atomic mass is 10.1. The number of nitrogens with zero attached hydrogens (tertiary/aromatic N) is 1. The Morgan fingerprint density at radius 3 is 2.36 bits per heavy atom. The van der Waals surface area contributed by atoms with Crippen molar-refractivity contribution in [3.8, 4) is 11.1 Å². The van der Waals surface area contributed by atoms with Gasteiger partial charge in [-0.3, -0.25) is 0 Å². The van der Waals surface area contributed by atoms with E-state index in [1.54, 1.807) is 6.07 Å². The molecule has 0 aliphatic carbocycles. The van der Waals surface area contributed by atoms with Crippen LogP contribution in [0.4, 0.5) is 4.39 Å². The molecule has 1 aliphatic rings. The maximum absolute atomic E-state index is 13.3. The number of unbranched alkanes of at least 4 members (excludes halogenated alkanes) is 1. The van der Waals surface area contributed by atoms with E-state index in [0.29, 0.717) is 6.04 Å². The molecule has 2 heterocycles. The fourth-order valence-corrected chi connectivity index (χ4v) is 4.04. The van der Waals surface area contributed by atoms with E-state index in [1.165, 1.54) is 25.0 Å². The molecule has 0 radical (unpaired) electrons. The van der Waals surface area contributed by atoms with Gasteiger partial charge in [0.1, 0.15) is 16.8 Å². The predicted octanol–water partition coefficient (Wildman–Crippen LogP) is 4.71. The van der Waals surface area contributed by atoms with Crippen LogP contribution in [-0.4, -0.2) is 39.7 Å². The molecule has 1 unspecified atom stereocenters. The van der Waals surface area contributed by atoms with Crippen molar-refractivity contribution in [2.24, 2.45) is 0 Å². The van der Waals surface area contributed by atoms with E-state index in [1.807, 2.05) is 41.8 Å². The van der Waals surface area contributed by atoms with Crippen LogP contribution >= 0.6 is 0 Å². The molecular weight excluding hydrogens is 373 g/mol. The van der Waals surface area contributed by atoms with Crippen molar-refractivity contribution in [3.63, 3.8) is 0 Å². The first-order valence-electron chi connectivity index (χ1n) is 9.77. The van der Waals surface area contributed by atoms with Gasteiger partial charge < -0.3 is 10.3 Å². The molecule has 0 bridgehead atoms. The second kappa shape index (κ2) is 9.45. The van der Waals surface area contributed by atoms with E-state index >= 15 is 0 Å². The third kappa shape index (κ3) is 4.51. The monoisotopic (exact) mass is 401 g/mol. The molecule has 28 heavy (non-hydrogen) atoms. The Morgan fingerprint density at radius 1 is 1.11 bits per heavy atom. The summed E-state index contributed by atoms with van der Waals surface area (Å²) in [5.74, 6) is -0.254. The third-order valence-corrected chi connectivity index (χ3v) is 6.54. The van der Waals surface area contributed by atoms with Gasteiger partial charge in [0.25, 0.3) is 0 Å². The van der Waals surface area contributed by atoms with E-state index in [0.717, 1.165) is 40.0 Å². The number of hydrogen-bond acceptors (Lipinski definition) is 2. The molecule has 2 N–H and O–H groups in total.